The van der Waals surface area contributed by atoms with E-state index < -0.39 is 0 Å². The number of fused-ring (bicyclic) bond motifs is 1. The van der Waals surface area contributed by atoms with Crippen LogP contribution in [0.25, 0.3) is 4.96 Å². The molecule has 5 heteroatoms. The molecule has 4 nitrogen and oxygen atoms in total. The lowest BCUT2D eigenvalue weighted by molar-refractivity contribution is 0.276. The van der Waals surface area contributed by atoms with Gasteiger partial charge in [-0.2, -0.15) is 0 Å². The van der Waals surface area contributed by atoms with Gasteiger partial charge in [-0.15, -0.1) is 11.3 Å². The van der Waals surface area contributed by atoms with Crippen LogP contribution in [0.3, 0.4) is 0 Å². The lowest BCUT2D eigenvalue weighted by Crippen LogP contribution is -2.21. The molecule has 1 N–H and O–H groups in total. The van der Waals surface area contributed by atoms with Gasteiger partial charge in [0.25, 0.3) is 0 Å². The van der Waals surface area contributed by atoms with Crippen LogP contribution in [0, 0.1) is 5.92 Å². The van der Waals surface area contributed by atoms with Crippen molar-refractivity contribution in [1.29, 1.82) is 0 Å². The first-order valence-electron chi connectivity index (χ1n) is 6.13. The van der Waals surface area contributed by atoms with Gasteiger partial charge in [0, 0.05) is 24.7 Å². The predicted octanol–water partition coefficient (Wildman–Crippen LogP) is 2.12. The molecule has 1 aliphatic heterocycles. The van der Waals surface area contributed by atoms with E-state index in [0.717, 1.165) is 35.5 Å². The predicted molar refractivity (Wildman–Crippen MR) is 69.6 cm³/mol. The minimum atomic E-state index is 0.0561. The fraction of sp³-hybridized carbons (Fsp3) is 0.583. The quantitative estimate of drug-likeness (QED) is 0.908. The van der Waals surface area contributed by atoms with Crippen LogP contribution in [0.4, 0.5) is 5.82 Å². The highest BCUT2D eigenvalue weighted by atomic mass is 32.1. The van der Waals surface area contributed by atoms with E-state index in [-0.39, 0.29) is 6.61 Å². The van der Waals surface area contributed by atoms with Crippen LogP contribution >= 0.6 is 11.3 Å². The Morgan fingerprint density at radius 2 is 2.47 bits per heavy atom. The van der Waals surface area contributed by atoms with Crippen LogP contribution in [-0.4, -0.2) is 27.6 Å². The second-order valence-corrected chi connectivity index (χ2v) is 5.48. The first-order chi connectivity index (χ1) is 8.33. The fourth-order valence-corrected chi connectivity index (χ4v) is 3.31. The van der Waals surface area contributed by atoms with Gasteiger partial charge in [0.15, 0.2) is 10.8 Å². The highest BCUT2D eigenvalue weighted by molar-refractivity contribution is 7.15. The topological polar surface area (TPSA) is 40.8 Å². The van der Waals surface area contributed by atoms with Crippen molar-refractivity contribution in [1.82, 2.24) is 9.38 Å². The number of nitrogens with zero attached hydrogens (tertiary/aromatic N) is 3. The average molecular weight is 251 g/mol. The summed E-state index contributed by atoms with van der Waals surface area (Å²) < 4.78 is 2.00. The summed E-state index contributed by atoms with van der Waals surface area (Å²) in [6, 6.07) is 0. The van der Waals surface area contributed by atoms with Crippen molar-refractivity contribution in [3.63, 3.8) is 0 Å². The number of aromatic nitrogens is 2. The normalized spacial score (nSPS) is 20.6. The van der Waals surface area contributed by atoms with Crippen molar-refractivity contribution in [2.75, 3.05) is 18.0 Å². The van der Waals surface area contributed by atoms with Gasteiger partial charge in [-0.1, -0.05) is 13.3 Å². The molecule has 3 heterocycles. The number of anilines is 1. The summed E-state index contributed by atoms with van der Waals surface area (Å²) >= 11 is 1.62. The van der Waals surface area contributed by atoms with E-state index in [1.807, 2.05) is 16.0 Å². The molecule has 0 amide bonds. The van der Waals surface area contributed by atoms with Crippen molar-refractivity contribution >= 4 is 22.1 Å². The largest absolute Gasteiger partial charge is 0.390 e. The molecule has 0 aromatic carbocycles. The van der Waals surface area contributed by atoms with Crippen LogP contribution in [0.5, 0.6) is 0 Å². The molecule has 0 spiro atoms. The summed E-state index contributed by atoms with van der Waals surface area (Å²) in [4.78, 5) is 7.94. The Morgan fingerprint density at radius 3 is 3.18 bits per heavy atom. The van der Waals surface area contributed by atoms with E-state index in [9.17, 15) is 5.11 Å². The van der Waals surface area contributed by atoms with Crippen LogP contribution in [-0.2, 0) is 6.61 Å². The maximum absolute atomic E-state index is 9.52. The molecule has 17 heavy (non-hydrogen) atoms. The van der Waals surface area contributed by atoms with Crippen molar-refractivity contribution in [2.24, 2.45) is 5.92 Å². The Labute approximate surface area is 105 Å². The zero-order valence-corrected chi connectivity index (χ0v) is 10.8. The number of hydrogen-bond donors (Lipinski definition) is 1. The Morgan fingerprint density at radius 1 is 1.59 bits per heavy atom. The zero-order chi connectivity index (χ0) is 11.8. The molecule has 0 aliphatic carbocycles. The first-order valence-corrected chi connectivity index (χ1v) is 7.01. The SMILES string of the molecule is CCC1CCN(c2nc3sccn3c2CO)C1. The smallest absolute Gasteiger partial charge is 0.195 e. The van der Waals surface area contributed by atoms with Gasteiger partial charge in [0.05, 0.1) is 12.3 Å². The van der Waals surface area contributed by atoms with Gasteiger partial charge in [-0.3, -0.25) is 4.40 Å². The van der Waals surface area contributed by atoms with Gasteiger partial charge in [-0.05, 0) is 12.3 Å². The third-order valence-corrected chi connectivity index (χ3v) is 4.41. The van der Waals surface area contributed by atoms with E-state index in [4.69, 9.17) is 0 Å². The van der Waals surface area contributed by atoms with Crippen molar-refractivity contribution in [3.05, 3.63) is 17.3 Å². The summed E-state index contributed by atoms with van der Waals surface area (Å²) in [6.45, 7) is 4.44. The van der Waals surface area contributed by atoms with Crippen molar-refractivity contribution in [2.45, 2.75) is 26.4 Å². The summed E-state index contributed by atoms with van der Waals surface area (Å²) in [6.07, 6.45) is 4.45. The Kier molecular flexibility index (Phi) is 2.80. The summed E-state index contributed by atoms with van der Waals surface area (Å²) in [5, 5.41) is 11.5. The molecule has 2 aromatic heterocycles. The Bertz CT molecular complexity index is 519. The maximum Gasteiger partial charge on any atom is 0.195 e. The number of hydrogen-bond acceptors (Lipinski definition) is 4. The number of aliphatic hydroxyl groups is 1. The van der Waals surface area contributed by atoms with E-state index in [2.05, 4.69) is 16.8 Å². The summed E-state index contributed by atoms with van der Waals surface area (Å²) in [5.41, 5.74) is 0.929. The Hall–Kier alpha value is -1.07. The molecule has 1 aliphatic rings. The highest BCUT2D eigenvalue weighted by Crippen LogP contribution is 2.29. The van der Waals surface area contributed by atoms with E-state index in [0.29, 0.717) is 0 Å². The molecular formula is C12H17N3OS. The minimum absolute atomic E-state index is 0.0561. The molecule has 92 valence electrons. The number of aliphatic hydroxyl groups excluding tert-OH is 1. The minimum Gasteiger partial charge on any atom is -0.390 e. The zero-order valence-electron chi connectivity index (χ0n) is 9.96. The van der Waals surface area contributed by atoms with Gasteiger partial charge in [-0.25, -0.2) is 4.98 Å². The number of rotatable bonds is 3. The van der Waals surface area contributed by atoms with Crippen LogP contribution in [0.2, 0.25) is 0 Å². The lowest BCUT2D eigenvalue weighted by atomic mass is 10.1. The molecule has 2 aromatic rings. The molecule has 1 atom stereocenters. The molecule has 0 saturated carbocycles. The Balaban J connectivity index is 1.97. The molecule has 1 fully saturated rings. The summed E-state index contributed by atoms with van der Waals surface area (Å²) in [5.74, 6) is 1.76. The molecule has 3 rings (SSSR count). The highest BCUT2D eigenvalue weighted by Gasteiger charge is 2.26. The van der Waals surface area contributed by atoms with Crippen LogP contribution in [0.15, 0.2) is 11.6 Å². The third-order valence-electron chi connectivity index (χ3n) is 3.65. The van der Waals surface area contributed by atoms with Gasteiger partial charge >= 0.3 is 0 Å². The molecule has 1 unspecified atom stereocenters. The maximum atomic E-state index is 9.52. The van der Waals surface area contributed by atoms with E-state index in [1.54, 1.807) is 11.3 Å². The fourth-order valence-electron chi connectivity index (χ4n) is 2.58. The van der Waals surface area contributed by atoms with Gasteiger partial charge < -0.3 is 10.0 Å². The monoisotopic (exact) mass is 251 g/mol. The second-order valence-electron chi connectivity index (χ2n) is 4.60. The van der Waals surface area contributed by atoms with Crippen molar-refractivity contribution in [3.8, 4) is 0 Å². The van der Waals surface area contributed by atoms with Gasteiger partial charge in [0.1, 0.15) is 0 Å². The van der Waals surface area contributed by atoms with Crippen LogP contribution < -0.4 is 4.90 Å². The third kappa shape index (κ3) is 1.73. The lowest BCUT2D eigenvalue weighted by Gasteiger charge is -2.16. The molecular weight excluding hydrogens is 234 g/mol. The first kappa shape index (κ1) is 11.0. The van der Waals surface area contributed by atoms with E-state index in [1.165, 1.54) is 12.8 Å². The number of imidazole rings is 1. The summed E-state index contributed by atoms with van der Waals surface area (Å²) in [7, 11) is 0. The molecule has 0 bridgehead atoms. The van der Waals surface area contributed by atoms with E-state index >= 15 is 0 Å². The standard InChI is InChI=1S/C12H17N3OS/c1-2-9-3-4-14(7-9)11-10(8-16)15-5-6-17-12(15)13-11/h5-6,9,16H,2-4,7-8H2,1H3. The van der Waals surface area contributed by atoms with Crippen molar-refractivity contribution < 1.29 is 5.11 Å². The molecule has 0 radical (unpaired) electrons. The van der Waals surface area contributed by atoms with Gasteiger partial charge in [0.2, 0.25) is 0 Å². The average Bonchev–Trinajstić information content (AvgIpc) is 3.02. The second kappa shape index (κ2) is 4.31. The molecule has 1 saturated heterocycles. The van der Waals surface area contributed by atoms with Crippen LogP contribution in [0.1, 0.15) is 25.5 Å². The number of thiazole rings is 1.